The normalized spacial score (nSPS) is 17.3. The summed E-state index contributed by atoms with van der Waals surface area (Å²) in [5.74, 6) is -0.699. The molecule has 1 aromatic heterocycles. The van der Waals surface area contributed by atoms with Crippen LogP contribution < -0.4 is 14.5 Å². The van der Waals surface area contributed by atoms with Crippen LogP contribution in [0.25, 0.3) is 0 Å². The minimum atomic E-state index is -5.17. The number of rotatable bonds is 15. The van der Waals surface area contributed by atoms with E-state index in [0.717, 1.165) is 56.5 Å². The van der Waals surface area contributed by atoms with E-state index in [1.165, 1.54) is 25.0 Å². The number of carbonyl (C=O) groups excluding carboxylic acids is 1. The topological polar surface area (TPSA) is 102 Å². The van der Waals surface area contributed by atoms with Crippen molar-refractivity contribution < 1.29 is 62.2 Å². The van der Waals surface area contributed by atoms with Crippen LogP contribution in [-0.4, -0.2) is 63.2 Å². The molecule has 1 fully saturated rings. The summed E-state index contributed by atoms with van der Waals surface area (Å²) >= 11 is 0. The van der Waals surface area contributed by atoms with Crippen molar-refractivity contribution in [3.05, 3.63) is 76.6 Å². The van der Waals surface area contributed by atoms with Gasteiger partial charge in [-0.1, -0.05) is 0 Å². The highest BCUT2D eigenvalue weighted by molar-refractivity contribution is 7.90. The van der Waals surface area contributed by atoms with Gasteiger partial charge in [0.25, 0.3) is 0 Å². The Labute approximate surface area is 319 Å². The Balaban J connectivity index is 1.78. The molecule has 56 heavy (non-hydrogen) atoms. The third-order valence-electron chi connectivity index (χ3n) is 9.75. The molecule has 0 bridgehead atoms. The molecule has 1 aliphatic carbocycles. The van der Waals surface area contributed by atoms with Gasteiger partial charge in [-0.2, -0.15) is 39.5 Å². The van der Waals surface area contributed by atoms with E-state index in [9.17, 15) is 52.7 Å². The van der Waals surface area contributed by atoms with Crippen molar-refractivity contribution in [3.63, 3.8) is 0 Å². The molecule has 19 heteroatoms. The molecule has 1 heterocycles. The smallest absolute Gasteiger partial charge is 0.416 e. The van der Waals surface area contributed by atoms with Crippen molar-refractivity contribution in [1.29, 1.82) is 0 Å². The fraction of sp³-hybridized carbons (Fsp3) is 0.541. The summed E-state index contributed by atoms with van der Waals surface area (Å²) in [7, 11) is -2.09. The second-order valence-corrected chi connectivity index (χ2v) is 16.1. The molecule has 0 saturated heterocycles. The summed E-state index contributed by atoms with van der Waals surface area (Å²) < 4.78 is 159. The summed E-state index contributed by atoms with van der Waals surface area (Å²) in [5, 5.41) is 0. The van der Waals surface area contributed by atoms with E-state index in [1.54, 1.807) is 6.92 Å². The van der Waals surface area contributed by atoms with Crippen molar-refractivity contribution in [2.75, 3.05) is 48.6 Å². The van der Waals surface area contributed by atoms with Crippen LogP contribution in [0.1, 0.15) is 79.8 Å². The van der Waals surface area contributed by atoms with Crippen LogP contribution in [0.3, 0.4) is 0 Å². The fourth-order valence-electron chi connectivity index (χ4n) is 6.65. The lowest BCUT2D eigenvalue weighted by Gasteiger charge is -2.36. The number of anilines is 2. The van der Waals surface area contributed by atoms with Crippen LogP contribution in [0.2, 0.25) is 0 Å². The Bertz CT molecular complexity index is 1870. The summed E-state index contributed by atoms with van der Waals surface area (Å²) in [4.78, 5) is 23.3. The van der Waals surface area contributed by atoms with Gasteiger partial charge in [0.15, 0.2) is 15.6 Å². The Morgan fingerprint density at radius 1 is 0.857 bits per heavy atom. The fourth-order valence-corrected chi connectivity index (χ4v) is 7.04. The molecule has 1 saturated carbocycles. The minimum absolute atomic E-state index is 0.0124. The number of ether oxygens (including phenoxy) is 2. The maximum Gasteiger partial charge on any atom is 0.416 e. The lowest BCUT2D eigenvalue weighted by molar-refractivity contribution is -0.144. The van der Waals surface area contributed by atoms with Gasteiger partial charge in [-0.15, -0.1) is 0 Å². The molecule has 2 aromatic carbocycles. The van der Waals surface area contributed by atoms with E-state index in [2.05, 4.69) is 9.97 Å². The predicted molar refractivity (Wildman–Crippen MR) is 190 cm³/mol. The van der Waals surface area contributed by atoms with Gasteiger partial charge in [0.2, 0.25) is 5.95 Å². The SMILES string of the molecule is CCN(CC1CCC(CC(=O)OC)CC1)c1ccc(C(F)(F)F)cc1CN(c1ncc(OCCS(C)(=O)=O)cn1)C(C)c1cc(C(F)(F)F)cc(C(F)(F)F)c1. The maximum atomic E-state index is 14.2. The molecule has 0 amide bonds. The van der Waals surface area contributed by atoms with Crippen LogP contribution >= 0.6 is 0 Å². The van der Waals surface area contributed by atoms with Crippen molar-refractivity contribution in [2.45, 2.75) is 77.1 Å². The summed E-state index contributed by atoms with van der Waals surface area (Å²) in [5.41, 5.74) is -4.25. The highest BCUT2D eigenvalue weighted by Gasteiger charge is 2.38. The van der Waals surface area contributed by atoms with Gasteiger partial charge < -0.3 is 19.3 Å². The number of hydrogen-bond acceptors (Lipinski definition) is 9. The number of alkyl halides is 9. The maximum absolute atomic E-state index is 14.2. The molecule has 3 aromatic rings. The number of nitrogens with zero attached hydrogens (tertiary/aromatic N) is 4. The number of carbonyl (C=O) groups is 1. The first-order valence-corrected chi connectivity index (χ1v) is 19.7. The van der Waals surface area contributed by atoms with Gasteiger partial charge in [0.1, 0.15) is 6.61 Å². The molecule has 310 valence electrons. The third-order valence-corrected chi connectivity index (χ3v) is 10.7. The summed E-state index contributed by atoms with van der Waals surface area (Å²) in [6.45, 7) is 3.08. The number of aromatic nitrogens is 2. The molecule has 0 radical (unpaired) electrons. The number of sulfone groups is 1. The average Bonchev–Trinajstić information content (AvgIpc) is 3.11. The van der Waals surface area contributed by atoms with E-state index in [-0.39, 0.29) is 59.9 Å². The van der Waals surface area contributed by atoms with Gasteiger partial charge in [-0.3, -0.25) is 4.79 Å². The third kappa shape index (κ3) is 12.4. The van der Waals surface area contributed by atoms with Crippen molar-refractivity contribution in [2.24, 2.45) is 11.8 Å². The first-order valence-electron chi connectivity index (χ1n) is 17.7. The molecule has 1 unspecified atom stereocenters. The molecule has 1 aliphatic rings. The number of hydrogen-bond donors (Lipinski definition) is 0. The summed E-state index contributed by atoms with van der Waals surface area (Å²) in [6.07, 6.45) is -8.69. The first kappa shape index (κ1) is 44.4. The lowest BCUT2D eigenvalue weighted by Crippen LogP contribution is -2.34. The zero-order chi connectivity index (χ0) is 41.6. The molecule has 0 N–H and O–H groups in total. The van der Waals surface area contributed by atoms with E-state index < -0.39 is 63.2 Å². The molecule has 4 rings (SSSR count). The van der Waals surface area contributed by atoms with Crippen LogP contribution in [0.4, 0.5) is 51.1 Å². The van der Waals surface area contributed by atoms with Crippen molar-refractivity contribution in [1.82, 2.24) is 9.97 Å². The van der Waals surface area contributed by atoms with Crippen LogP contribution in [-0.2, 0) is 44.4 Å². The molecule has 0 spiro atoms. The molecular formula is C37H43F9N4O5S. The Morgan fingerprint density at radius 3 is 1.91 bits per heavy atom. The summed E-state index contributed by atoms with van der Waals surface area (Å²) in [6, 6.07) is 2.77. The second kappa shape index (κ2) is 17.9. The minimum Gasteiger partial charge on any atom is -0.489 e. The largest absolute Gasteiger partial charge is 0.489 e. The van der Waals surface area contributed by atoms with Gasteiger partial charge in [0, 0.05) is 38.0 Å². The van der Waals surface area contributed by atoms with Crippen molar-refractivity contribution in [3.8, 4) is 5.75 Å². The van der Waals surface area contributed by atoms with E-state index in [1.807, 2.05) is 4.90 Å². The van der Waals surface area contributed by atoms with Crippen LogP contribution in [0.15, 0.2) is 48.8 Å². The van der Waals surface area contributed by atoms with E-state index >= 15 is 0 Å². The number of methoxy groups -OCH3 is 1. The Morgan fingerprint density at radius 2 is 1.41 bits per heavy atom. The second-order valence-electron chi connectivity index (χ2n) is 13.9. The zero-order valence-corrected chi connectivity index (χ0v) is 31.9. The van der Waals surface area contributed by atoms with E-state index in [0.29, 0.717) is 30.9 Å². The zero-order valence-electron chi connectivity index (χ0n) is 31.1. The highest BCUT2D eigenvalue weighted by atomic mass is 32.2. The molecule has 9 nitrogen and oxygen atoms in total. The molecule has 1 atom stereocenters. The Hall–Kier alpha value is -4.29. The molecule has 0 aliphatic heterocycles. The lowest BCUT2D eigenvalue weighted by atomic mass is 9.80. The quantitative estimate of drug-likeness (QED) is 0.110. The van der Waals surface area contributed by atoms with Gasteiger partial charge in [-0.05, 0) is 98.9 Å². The number of benzene rings is 2. The van der Waals surface area contributed by atoms with Crippen molar-refractivity contribution >= 4 is 27.4 Å². The number of esters is 1. The predicted octanol–water partition coefficient (Wildman–Crippen LogP) is 8.92. The average molecular weight is 827 g/mol. The highest BCUT2D eigenvalue weighted by Crippen LogP contribution is 2.41. The van der Waals surface area contributed by atoms with Gasteiger partial charge in [0.05, 0.1) is 48.0 Å². The van der Waals surface area contributed by atoms with Gasteiger partial charge in [-0.25, -0.2) is 18.4 Å². The van der Waals surface area contributed by atoms with E-state index in [4.69, 9.17) is 9.47 Å². The van der Waals surface area contributed by atoms with Gasteiger partial charge >= 0.3 is 24.5 Å². The van der Waals surface area contributed by atoms with Crippen LogP contribution in [0.5, 0.6) is 5.75 Å². The Kier molecular flexibility index (Phi) is 14.2. The first-order chi connectivity index (χ1) is 26.0. The number of halogens is 9. The molecular weight excluding hydrogens is 783 g/mol. The van der Waals surface area contributed by atoms with Crippen LogP contribution in [0, 0.1) is 11.8 Å². The monoisotopic (exact) mass is 826 g/mol. The standard InChI is InChI=1S/C37H43F9N4O5S/c1-5-49(21-25-8-6-24(7-9-25)14-33(51)54-3)32-11-10-28(35(38,39)40)17-27(32)22-50(34-47-19-31(20-48-34)55-12-13-56(4,52)53)23(2)26-15-29(36(41,42)43)18-30(16-26)37(44,45)46/h10-11,15-20,23-25H,5-9,12-14,21-22H2,1-4H3.